The van der Waals surface area contributed by atoms with Gasteiger partial charge in [-0.2, -0.15) is 0 Å². The summed E-state index contributed by atoms with van der Waals surface area (Å²) >= 11 is 5.92. The molecule has 3 rings (SSSR count). The van der Waals surface area contributed by atoms with Crippen molar-refractivity contribution in [1.29, 1.82) is 0 Å². The number of amides is 1. The van der Waals surface area contributed by atoms with Crippen LogP contribution in [0.3, 0.4) is 0 Å². The Hall–Kier alpha value is -1.94. The Morgan fingerprint density at radius 1 is 1.40 bits per heavy atom. The molecule has 2 aromatic rings. The summed E-state index contributed by atoms with van der Waals surface area (Å²) in [6.45, 7) is 3.11. The van der Waals surface area contributed by atoms with Crippen LogP contribution < -0.4 is 0 Å². The van der Waals surface area contributed by atoms with Crippen LogP contribution in [-0.2, 0) is 13.0 Å². The number of carbonyl (C=O) groups excluding carboxylic acids is 1. The zero-order chi connectivity index (χ0) is 14.1. The van der Waals surface area contributed by atoms with Gasteiger partial charge in [-0.05, 0) is 30.7 Å². The van der Waals surface area contributed by atoms with Crippen LogP contribution >= 0.6 is 11.6 Å². The molecule has 0 unspecified atom stereocenters. The van der Waals surface area contributed by atoms with Crippen molar-refractivity contribution in [2.75, 3.05) is 6.54 Å². The maximum atomic E-state index is 12.5. The number of fused-ring (bicyclic) bond motifs is 1. The van der Waals surface area contributed by atoms with E-state index >= 15 is 0 Å². The Morgan fingerprint density at radius 2 is 2.25 bits per heavy atom. The predicted molar refractivity (Wildman–Crippen MR) is 76.7 cm³/mol. The van der Waals surface area contributed by atoms with Crippen molar-refractivity contribution in [1.82, 2.24) is 14.9 Å². The SMILES string of the molecule is Cc1cc(C(=O)N2CCc3ncccc3C2)cc(Cl)n1. The molecule has 0 aromatic carbocycles. The van der Waals surface area contributed by atoms with E-state index in [2.05, 4.69) is 9.97 Å². The third-order valence-electron chi connectivity index (χ3n) is 3.42. The number of hydrogen-bond acceptors (Lipinski definition) is 3. The van der Waals surface area contributed by atoms with Crippen molar-refractivity contribution >= 4 is 17.5 Å². The summed E-state index contributed by atoms with van der Waals surface area (Å²) in [6, 6.07) is 7.31. The van der Waals surface area contributed by atoms with E-state index in [0.717, 1.165) is 23.4 Å². The van der Waals surface area contributed by atoms with E-state index in [1.165, 1.54) is 0 Å². The molecule has 5 heteroatoms. The van der Waals surface area contributed by atoms with Crippen LogP contribution in [0.15, 0.2) is 30.5 Å². The van der Waals surface area contributed by atoms with E-state index < -0.39 is 0 Å². The molecule has 1 aliphatic rings. The Labute approximate surface area is 122 Å². The molecular formula is C15H14ClN3O. The van der Waals surface area contributed by atoms with Crippen molar-refractivity contribution in [3.05, 3.63) is 58.1 Å². The lowest BCUT2D eigenvalue weighted by Gasteiger charge is -2.28. The molecule has 0 bridgehead atoms. The summed E-state index contributed by atoms with van der Waals surface area (Å²) in [5, 5.41) is 0.354. The second-order valence-corrected chi connectivity index (χ2v) is 5.29. The molecule has 1 amide bonds. The highest BCUT2D eigenvalue weighted by Gasteiger charge is 2.22. The van der Waals surface area contributed by atoms with Gasteiger partial charge in [0.2, 0.25) is 0 Å². The van der Waals surface area contributed by atoms with E-state index in [0.29, 0.717) is 23.8 Å². The molecule has 0 spiro atoms. The average Bonchev–Trinajstić information content (AvgIpc) is 2.45. The van der Waals surface area contributed by atoms with Gasteiger partial charge in [0.1, 0.15) is 5.15 Å². The van der Waals surface area contributed by atoms with Gasteiger partial charge in [-0.25, -0.2) is 4.98 Å². The van der Waals surface area contributed by atoms with Gasteiger partial charge in [-0.1, -0.05) is 17.7 Å². The first-order valence-corrected chi connectivity index (χ1v) is 6.87. The third-order valence-corrected chi connectivity index (χ3v) is 3.61. The molecule has 0 N–H and O–H groups in total. The third kappa shape index (κ3) is 2.51. The molecule has 0 aliphatic carbocycles. The fourth-order valence-corrected chi connectivity index (χ4v) is 2.72. The molecule has 1 aliphatic heterocycles. The minimum atomic E-state index is -0.00750. The predicted octanol–water partition coefficient (Wildman–Crippen LogP) is 2.64. The van der Waals surface area contributed by atoms with Gasteiger partial charge in [-0.15, -0.1) is 0 Å². The van der Waals surface area contributed by atoms with Gasteiger partial charge in [0, 0.05) is 42.7 Å². The Bertz CT molecular complexity index is 652. The van der Waals surface area contributed by atoms with Crippen LogP contribution in [0.5, 0.6) is 0 Å². The first-order chi connectivity index (χ1) is 9.63. The quantitative estimate of drug-likeness (QED) is 0.758. The highest BCUT2D eigenvalue weighted by Crippen LogP contribution is 2.20. The summed E-state index contributed by atoms with van der Waals surface area (Å²) in [5.41, 5.74) is 3.54. The Kier molecular flexibility index (Phi) is 3.40. The number of aromatic nitrogens is 2. The number of pyridine rings is 2. The van der Waals surface area contributed by atoms with Crippen molar-refractivity contribution in [2.45, 2.75) is 19.9 Å². The standard InChI is InChI=1S/C15H14ClN3O/c1-10-7-12(8-14(16)18-10)15(20)19-6-4-13-11(9-19)3-2-5-17-13/h2-3,5,7-8H,4,6,9H2,1H3. The average molecular weight is 288 g/mol. The zero-order valence-corrected chi connectivity index (χ0v) is 11.9. The van der Waals surface area contributed by atoms with E-state index in [4.69, 9.17) is 11.6 Å². The second kappa shape index (κ2) is 5.21. The molecule has 0 radical (unpaired) electrons. The minimum Gasteiger partial charge on any atom is -0.334 e. The van der Waals surface area contributed by atoms with Crippen LogP contribution in [0.4, 0.5) is 0 Å². The highest BCUT2D eigenvalue weighted by atomic mass is 35.5. The molecule has 0 saturated heterocycles. The van der Waals surface area contributed by atoms with Crippen LogP contribution in [0, 0.1) is 6.92 Å². The lowest BCUT2D eigenvalue weighted by Crippen LogP contribution is -2.36. The summed E-state index contributed by atoms with van der Waals surface area (Å²) in [7, 11) is 0. The van der Waals surface area contributed by atoms with Crippen molar-refractivity contribution in [2.24, 2.45) is 0 Å². The van der Waals surface area contributed by atoms with Crippen molar-refractivity contribution in [3.63, 3.8) is 0 Å². The number of carbonyl (C=O) groups is 1. The monoisotopic (exact) mass is 287 g/mol. The fraction of sp³-hybridized carbons (Fsp3) is 0.267. The van der Waals surface area contributed by atoms with Crippen molar-refractivity contribution in [3.8, 4) is 0 Å². The molecule has 102 valence electrons. The maximum absolute atomic E-state index is 12.5. The van der Waals surface area contributed by atoms with E-state index in [9.17, 15) is 4.79 Å². The molecule has 0 fully saturated rings. The Morgan fingerprint density at radius 3 is 3.05 bits per heavy atom. The van der Waals surface area contributed by atoms with Crippen molar-refractivity contribution < 1.29 is 4.79 Å². The molecular weight excluding hydrogens is 274 g/mol. The smallest absolute Gasteiger partial charge is 0.254 e. The lowest BCUT2D eigenvalue weighted by atomic mass is 10.0. The minimum absolute atomic E-state index is 0.00750. The summed E-state index contributed by atoms with van der Waals surface area (Å²) < 4.78 is 0. The van der Waals surface area contributed by atoms with Gasteiger partial charge < -0.3 is 4.90 Å². The number of nitrogens with zero attached hydrogens (tertiary/aromatic N) is 3. The maximum Gasteiger partial charge on any atom is 0.254 e. The lowest BCUT2D eigenvalue weighted by molar-refractivity contribution is 0.0733. The molecule has 4 nitrogen and oxygen atoms in total. The van der Waals surface area contributed by atoms with Gasteiger partial charge in [0.25, 0.3) is 5.91 Å². The molecule has 2 aromatic heterocycles. The van der Waals surface area contributed by atoms with E-state index in [1.54, 1.807) is 18.3 Å². The van der Waals surface area contributed by atoms with Gasteiger partial charge >= 0.3 is 0 Å². The van der Waals surface area contributed by atoms with Crippen LogP contribution in [-0.4, -0.2) is 27.3 Å². The van der Waals surface area contributed by atoms with Gasteiger partial charge in [0.05, 0.1) is 0 Å². The number of rotatable bonds is 1. The molecule has 20 heavy (non-hydrogen) atoms. The Balaban J connectivity index is 1.86. The first kappa shape index (κ1) is 13.1. The largest absolute Gasteiger partial charge is 0.334 e. The zero-order valence-electron chi connectivity index (χ0n) is 11.1. The second-order valence-electron chi connectivity index (χ2n) is 4.91. The molecule has 0 atom stereocenters. The number of aryl methyl sites for hydroxylation is 1. The summed E-state index contributed by atoms with van der Waals surface area (Å²) in [5.74, 6) is -0.00750. The van der Waals surface area contributed by atoms with E-state index in [1.807, 2.05) is 24.0 Å². The normalized spacial score (nSPS) is 14.0. The van der Waals surface area contributed by atoms with Crippen LogP contribution in [0.2, 0.25) is 5.15 Å². The van der Waals surface area contributed by atoms with Gasteiger partial charge in [0.15, 0.2) is 0 Å². The summed E-state index contributed by atoms with van der Waals surface area (Å²) in [6.07, 6.45) is 2.59. The molecule has 0 saturated carbocycles. The van der Waals surface area contributed by atoms with Gasteiger partial charge in [-0.3, -0.25) is 9.78 Å². The summed E-state index contributed by atoms with van der Waals surface area (Å²) in [4.78, 5) is 22.8. The molecule has 3 heterocycles. The topological polar surface area (TPSA) is 46.1 Å². The van der Waals surface area contributed by atoms with Crippen LogP contribution in [0.25, 0.3) is 0 Å². The first-order valence-electron chi connectivity index (χ1n) is 6.50. The van der Waals surface area contributed by atoms with Crippen LogP contribution in [0.1, 0.15) is 27.3 Å². The number of hydrogen-bond donors (Lipinski definition) is 0. The number of halogens is 1. The highest BCUT2D eigenvalue weighted by molar-refractivity contribution is 6.29. The fourth-order valence-electron chi connectivity index (χ4n) is 2.47. The van der Waals surface area contributed by atoms with E-state index in [-0.39, 0.29) is 5.91 Å².